The molecule has 0 saturated carbocycles. The van der Waals surface area contributed by atoms with E-state index in [0.29, 0.717) is 10.8 Å². The minimum atomic E-state index is -3.32. The summed E-state index contributed by atoms with van der Waals surface area (Å²) >= 11 is 1.32. The summed E-state index contributed by atoms with van der Waals surface area (Å²) in [6.07, 6.45) is 4.71. The topological polar surface area (TPSA) is 81.1 Å². The van der Waals surface area contributed by atoms with E-state index in [9.17, 15) is 13.2 Å². The van der Waals surface area contributed by atoms with Gasteiger partial charge in [-0.1, -0.05) is 30.0 Å². The Bertz CT molecular complexity index is 1120. The highest BCUT2D eigenvalue weighted by Crippen LogP contribution is 2.24. The molecule has 0 fully saturated rings. The summed E-state index contributed by atoms with van der Waals surface area (Å²) < 4.78 is 25.3. The number of hydrogen-bond donors (Lipinski definition) is 1. The van der Waals surface area contributed by atoms with Crippen LogP contribution in [-0.4, -0.2) is 35.9 Å². The summed E-state index contributed by atoms with van der Waals surface area (Å²) in [5.41, 5.74) is 3.74. The fourth-order valence-electron chi connectivity index (χ4n) is 2.69. The van der Waals surface area contributed by atoms with Gasteiger partial charge in [-0.3, -0.25) is 9.36 Å². The second kappa shape index (κ2) is 8.20. The average molecular weight is 416 g/mol. The second-order valence-electron chi connectivity index (χ2n) is 6.51. The Hall–Kier alpha value is -2.58. The van der Waals surface area contributed by atoms with E-state index in [1.165, 1.54) is 23.9 Å². The molecule has 3 aromatic rings. The average Bonchev–Trinajstić information content (AvgIpc) is 3.10. The zero-order chi connectivity index (χ0) is 20.3. The van der Waals surface area contributed by atoms with Crippen molar-refractivity contribution in [1.29, 1.82) is 0 Å². The lowest BCUT2D eigenvalue weighted by atomic mass is 10.1. The first-order chi connectivity index (χ1) is 13.2. The normalized spacial score (nSPS) is 11.4. The molecular weight excluding hydrogens is 394 g/mol. The van der Waals surface area contributed by atoms with Crippen molar-refractivity contribution >= 4 is 33.2 Å². The molecule has 0 aliphatic carbocycles. The van der Waals surface area contributed by atoms with Gasteiger partial charge in [0, 0.05) is 24.3 Å². The summed E-state index contributed by atoms with van der Waals surface area (Å²) in [6.45, 7) is 4.06. The number of anilines is 1. The van der Waals surface area contributed by atoms with E-state index in [0.717, 1.165) is 23.1 Å². The first kappa shape index (κ1) is 20.2. The van der Waals surface area contributed by atoms with E-state index in [-0.39, 0.29) is 16.6 Å². The van der Waals surface area contributed by atoms with Crippen LogP contribution < -0.4 is 5.32 Å². The number of aromatic nitrogens is 2. The fourth-order valence-corrected chi connectivity index (χ4v) is 4.12. The van der Waals surface area contributed by atoms with E-state index in [2.05, 4.69) is 28.5 Å². The molecule has 146 valence electrons. The number of hydrogen-bond acceptors (Lipinski definition) is 5. The van der Waals surface area contributed by atoms with Gasteiger partial charge in [-0.2, -0.15) is 0 Å². The Morgan fingerprint density at radius 2 is 1.96 bits per heavy atom. The van der Waals surface area contributed by atoms with Crippen LogP contribution in [0.2, 0.25) is 0 Å². The van der Waals surface area contributed by atoms with E-state index >= 15 is 0 Å². The molecule has 1 heterocycles. The lowest BCUT2D eigenvalue weighted by Gasteiger charge is -2.11. The van der Waals surface area contributed by atoms with Crippen LogP contribution >= 0.6 is 11.8 Å². The summed E-state index contributed by atoms with van der Waals surface area (Å²) in [7, 11) is -3.32. The van der Waals surface area contributed by atoms with Crippen LogP contribution in [0.1, 0.15) is 11.1 Å². The third-order valence-electron chi connectivity index (χ3n) is 4.11. The molecule has 1 N–H and O–H groups in total. The predicted octanol–water partition coefficient (Wildman–Crippen LogP) is 3.62. The lowest BCUT2D eigenvalue weighted by molar-refractivity contribution is -0.113. The Labute approximate surface area is 168 Å². The molecule has 6 nitrogen and oxygen atoms in total. The summed E-state index contributed by atoms with van der Waals surface area (Å²) in [5, 5.41) is 3.45. The summed E-state index contributed by atoms with van der Waals surface area (Å²) in [6, 6.07) is 12.4. The number of sulfone groups is 1. The molecule has 28 heavy (non-hydrogen) atoms. The van der Waals surface area contributed by atoms with Gasteiger partial charge in [-0.25, -0.2) is 13.4 Å². The minimum Gasteiger partial charge on any atom is -0.325 e. The van der Waals surface area contributed by atoms with Crippen molar-refractivity contribution in [3.63, 3.8) is 0 Å². The molecule has 0 aliphatic rings. The molecule has 0 radical (unpaired) electrons. The maximum atomic E-state index is 12.3. The third kappa shape index (κ3) is 4.82. The summed E-state index contributed by atoms with van der Waals surface area (Å²) in [5.74, 6) is -0.0727. The molecule has 1 amide bonds. The minimum absolute atomic E-state index is 0.158. The smallest absolute Gasteiger partial charge is 0.234 e. The Balaban J connectivity index is 1.70. The highest BCUT2D eigenvalue weighted by Gasteiger charge is 2.12. The highest BCUT2D eigenvalue weighted by molar-refractivity contribution is 7.99. The maximum absolute atomic E-state index is 12.3. The number of imidazole rings is 1. The van der Waals surface area contributed by atoms with Crippen LogP contribution in [0, 0.1) is 13.8 Å². The van der Waals surface area contributed by atoms with Gasteiger partial charge < -0.3 is 5.32 Å². The largest absolute Gasteiger partial charge is 0.325 e. The molecule has 0 aliphatic heterocycles. The maximum Gasteiger partial charge on any atom is 0.234 e. The third-order valence-corrected chi connectivity index (χ3v) is 6.19. The fraction of sp³-hybridized carbons (Fsp3) is 0.200. The molecule has 1 aromatic heterocycles. The molecular formula is C20H21N3O3S2. The van der Waals surface area contributed by atoms with Crippen molar-refractivity contribution in [2.45, 2.75) is 23.9 Å². The molecule has 3 rings (SSSR count). The van der Waals surface area contributed by atoms with Gasteiger partial charge in [-0.05, 0) is 49.2 Å². The number of thioether (sulfide) groups is 1. The highest BCUT2D eigenvalue weighted by atomic mass is 32.2. The number of nitrogens with one attached hydrogen (secondary N) is 1. The van der Waals surface area contributed by atoms with Gasteiger partial charge in [0.05, 0.1) is 16.3 Å². The van der Waals surface area contributed by atoms with Gasteiger partial charge in [0.15, 0.2) is 15.0 Å². The van der Waals surface area contributed by atoms with E-state index in [4.69, 9.17) is 0 Å². The molecule has 8 heteroatoms. The van der Waals surface area contributed by atoms with Crippen LogP contribution in [-0.2, 0) is 14.6 Å². The van der Waals surface area contributed by atoms with Crippen molar-refractivity contribution in [1.82, 2.24) is 9.55 Å². The number of carbonyl (C=O) groups excluding carboxylic acids is 1. The van der Waals surface area contributed by atoms with Crippen LogP contribution in [0.25, 0.3) is 5.69 Å². The van der Waals surface area contributed by atoms with Crippen LogP contribution in [0.15, 0.2) is 64.9 Å². The summed E-state index contributed by atoms with van der Waals surface area (Å²) in [4.78, 5) is 16.8. The molecule has 0 spiro atoms. The predicted molar refractivity (Wildman–Crippen MR) is 112 cm³/mol. The Morgan fingerprint density at radius 1 is 1.18 bits per heavy atom. The van der Waals surface area contributed by atoms with Crippen molar-refractivity contribution in [2.75, 3.05) is 17.3 Å². The molecule has 0 atom stereocenters. The lowest BCUT2D eigenvalue weighted by Crippen LogP contribution is -2.15. The van der Waals surface area contributed by atoms with Gasteiger partial charge in [-0.15, -0.1) is 0 Å². The molecule has 2 aromatic carbocycles. The first-order valence-electron chi connectivity index (χ1n) is 8.58. The number of benzene rings is 2. The van der Waals surface area contributed by atoms with Gasteiger partial charge in [0.25, 0.3) is 0 Å². The monoisotopic (exact) mass is 415 g/mol. The number of nitrogens with zero attached hydrogens (tertiary/aromatic N) is 2. The molecule has 0 bridgehead atoms. The van der Waals surface area contributed by atoms with Crippen molar-refractivity contribution in [2.24, 2.45) is 0 Å². The Morgan fingerprint density at radius 3 is 2.71 bits per heavy atom. The molecule has 0 saturated heterocycles. The number of rotatable bonds is 6. The van der Waals surface area contributed by atoms with Crippen LogP contribution in [0.4, 0.5) is 5.69 Å². The van der Waals surface area contributed by atoms with Crippen molar-refractivity contribution in [3.05, 3.63) is 66.0 Å². The van der Waals surface area contributed by atoms with E-state index < -0.39 is 9.84 Å². The van der Waals surface area contributed by atoms with Gasteiger partial charge in [0.2, 0.25) is 5.91 Å². The second-order valence-corrected chi connectivity index (χ2v) is 9.46. The van der Waals surface area contributed by atoms with Crippen molar-refractivity contribution in [3.8, 4) is 5.69 Å². The molecule has 0 unspecified atom stereocenters. The van der Waals surface area contributed by atoms with Crippen molar-refractivity contribution < 1.29 is 13.2 Å². The number of aryl methyl sites for hydroxylation is 2. The van der Waals surface area contributed by atoms with Gasteiger partial charge in [0.1, 0.15) is 0 Å². The van der Waals surface area contributed by atoms with Crippen LogP contribution in [0.5, 0.6) is 0 Å². The number of carbonyl (C=O) groups is 1. The SMILES string of the molecule is Cc1ccc(C)c(-n2ccnc2SCC(=O)Nc2cccc(S(C)(=O)=O)c2)c1. The van der Waals surface area contributed by atoms with E-state index in [1.807, 2.05) is 24.6 Å². The quantitative estimate of drug-likeness (QED) is 0.622. The standard InChI is InChI=1S/C20H21N3O3S2/c1-14-7-8-15(2)18(11-14)23-10-9-21-20(23)27-13-19(24)22-16-5-4-6-17(12-16)28(3,25)26/h4-12H,13H2,1-3H3,(H,22,24). The number of amides is 1. The van der Waals surface area contributed by atoms with Crippen LogP contribution in [0.3, 0.4) is 0 Å². The Kier molecular flexibility index (Phi) is 5.90. The van der Waals surface area contributed by atoms with Gasteiger partial charge >= 0.3 is 0 Å². The zero-order valence-electron chi connectivity index (χ0n) is 15.8. The zero-order valence-corrected chi connectivity index (χ0v) is 17.5. The van der Waals surface area contributed by atoms with E-state index in [1.54, 1.807) is 18.3 Å². The first-order valence-corrected chi connectivity index (χ1v) is 11.5.